The lowest BCUT2D eigenvalue weighted by Crippen LogP contribution is -2.25. The van der Waals surface area contributed by atoms with Crippen molar-refractivity contribution in [2.24, 2.45) is 0 Å². The Morgan fingerprint density at radius 1 is 0.850 bits per heavy atom. The monoisotopic (exact) mass is 276 g/mol. The molecule has 0 bridgehead atoms. The summed E-state index contributed by atoms with van der Waals surface area (Å²) in [6.07, 6.45) is -0.331. The molecule has 0 fully saturated rings. The summed E-state index contributed by atoms with van der Waals surface area (Å²) >= 11 is 0. The van der Waals surface area contributed by atoms with E-state index in [1.165, 1.54) is 12.1 Å². The zero-order valence-electron chi connectivity index (χ0n) is 11.3. The maximum Gasteiger partial charge on any atom is 0.416 e. The Bertz CT molecular complexity index is 707. The van der Waals surface area contributed by atoms with E-state index in [-0.39, 0.29) is 0 Å². The van der Waals surface area contributed by atoms with Crippen LogP contribution in [0.3, 0.4) is 0 Å². The van der Waals surface area contributed by atoms with Crippen molar-refractivity contribution in [2.45, 2.75) is 20.0 Å². The van der Waals surface area contributed by atoms with Gasteiger partial charge < -0.3 is 0 Å². The zero-order valence-corrected chi connectivity index (χ0v) is 11.3. The summed E-state index contributed by atoms with van der Waals surface area (Å²) in [5, 5.41) is 2.11. The van der Waals surface area contributed by atoms with E-state index in [4.69, 9.17) is 0 Å². The number of benzene rings is 2. The van der Waals surface area contributed by atoms with E-state index in [2.05, 4.69) is 0 Å². The number of halogens is 3. The Labute approximate surface area is 115 Å². The van der Waals surface area contributed by atoms with Gasteiger partial charge in [-0.15, -0.1) is 0 Å². The summed E-state index contributed by atoms with van der Waals surface area (Å²) in [6, 6.07) is 11.1. The molecule has 0 N–H and O–H groups in total. The number of hydrogen-bond donors (Lipinski definition) is 0. The van der Waals surface area contributed by atoms with Crippen LogP contribution in [0, 0.1) is 0 Å². The quantitative estimate of drug-likeness (QED) is 0.739. The average molecular weight is 276 g/mol. The third kappa shape index (κ3) is 2.77. The van der Waals surface area contributed by atoms with Gasteiger partial charge in [-0.25, -0.2) is 0 Å². The number of rotatable bonds is 1. The molecule has 0 radical (unpaired) electrons. The zero-order chi connectivity index (χ0) is 14.8. The lowest BCUT2D eigenvalue weighted by atomic mass is 10.00. The number of hydrogen-bond acceptors (Lipinski definition) is 0. The van der Waals surface area contributed by atoms with Gasteiger partial charge in [-0.3, -0.25) is 0 Å². The van der Waals surface area contributed by atoms with Crippen molar-refractivity contribution >= 4 is 12.2 Å². The summed E-state index contributed by atoms with van der Waals surface area (Å²) in [5.41, 5.74) is 1.10. The van der Waals surface area contributed by atoms with Crippen molar-refractivity contribution in [3.8, 4) is 11.1 Å². The second kappa shape index (κ2) is 5.53. The van der Waals surface area contributed by atoms with E-state index in [9.17, 15) is 13.2 Å². The van der Waals surface area contributed by atoms with E-state index in [0.717, 1.165) is 33.7 Å². The highest BCUT2D eigenvalue weighted by molar-refractivity contribution is 5.66. The molecule has 0 aliphatic carbocycles. The minimum absolute atomic E-state index is 0.624. The fourth-order valence-electron chi connectivity index (χ4n) is 2.25. The van der Waals surface area contributed by atoms with Crippen molar-refractivity contribution in [3.05, 3.63) is 58.5 Å². The highest BCUT2D eigenvalue weighted by atomic mass is 19.4. The molecule has 3 heteroatoms. The molecule has 20 heavy (non-hydrogen) atoms. The number of alkyl halides is 3. The molecule has 2 rings (SSSR count). The third-order valence-electron chi connectivity index (χ3n) is 3.26. The summed E-state index contributed by atoms with van der Waals surface area (Å²) < 4.78 is 37.7. The summed E-state index contributed by atoms with van der Waals surface area (Å²) in [4.78, 5) is 0. The molecule has 0 saturated carbocycles. The second-order valence-corrected chi connectivity index (χ2v) is 4.46. The fourth-order valence-corrected chi connectivity index (χ4v) is 2.25. The van der Waals surface area contributed by atoms with Crippen LogP contribution in [-0.2, 0) is 6.18 Å². The maximum absolute atomic E-state index is 12.6. The summed E-state index contributed by atoms with van der Waals surface area (Å²) in [7, 11) is 0. The van der Waals surface area contributed by atoms with Gasteiger partial charge in [0.2, 0.25) is 0 Å². The molecule has 0 aromatic heterocycles. The van der Waals surface area contributed by atoms with Gasteiger partial charge in [0.1, 0.15) is 0 Å². The Morgan fingerprint density at radius 3 is 2.00 bits per heavy atom. The molecular formula is C17H15F3. The molecule has 0 aliphatic rings. The van der Waals surface area contributed by atoms with Gasteiger partial charge in [-0.1, -0.05) is 42.5 Å². The van der Waals surface area contributed by atoms with Crippen LogP contribution in [0.5, 0.6) is 0 Å². The first-order valence-electron chi connectivity index (χ1n) is 6.36. The molecule has 0 heterocycles. The third-order valence-corrected chi connectivity index (χ3v) is 3.26. The van der Waals surface area contributed by atoms with Crippen molar-refractivity contribution in [1.82, 2.24) is 0 Å². The molecule has 0 saturated heterocycles. The van der Waals surface area contributed by atoms with Crippen LogP contribution >= 0.6 is 0 Å². The maximum atomic E-state index is 12.6. The smallest absolute Gasteiger partial charge is 0.166 e. The molecule has 104 valence electrons. The molecule has 2 aromatic carbocycles. The predicted octanol–water partition coefficient (Wildman–Crippen LogP) is 3.97. The van der Waals surface area contributed by atoms with Crippen LogP contribution in [0.2, 0.25) is 0 Å². The Kier molecular flexibility index (Phi) is 3.98. The van der Waals surface area contributed by atoms with E-state index in [0.29, 0.717) is 0 Å². The van der Waals surface area contributed by atoms with Gasteiger partial charge in [-0.05, 0) is 47.5 Å². The molecule has 0 amide bonds. The van der Waals surface area contributed by atoms with Crippen LogP contribution in [0.1, 0.15) is 19.4 Å². The molecule has 2 aromatic rings. The minimum atomic E-state index is -4.29. The molecule has 0 nitrogen and oxygen atoms in total. The normalized spacial score (nSPS) is 13.8. The predicted molar refractivity (Wildman–Crippen MR) is 76.4 cm³/mol. The first-order chi connectivity index (χ1) is 9.47. The highest BCUT2D eigenvalue weighted by Crippen LogP contribution is 2.30. The van der Waals surface area contributed by atoms with Crippen molar-refractivity contribution in [3.63, 3.8) is 0 Å². The van der Waals surface area contributed by atoms with E-state index in [1.807, 2.05) is 44.2 Å². The van der Waals surface area contributed by atoms with Crippen LogP contribution in [0.25, 0.3) is 23.3 Å². The van der Waals surface area contributed by atoms with Gasteiger partial charge in [0, 0.05) is 0 Å². The molecular weight excluding hydrogens is 261 g/mol. The summed E-state index contributed by atoms with van der Waals surface area (Å²) in [6.45, 7) is 3.87. The van der Waals surface area contributed by atoms with Gasteiger partial charge in [0.25, 0.3) is 0 Å². The lowest BCUT2D eigenvalue weighted by molar-refractivity contribution is -0.137. The minimum Gasteiger partial charge on any atom is -0.166 e. The largest absolute Gasteiger partial charge is 0.416 e. The van der Waals surface area contributed by atoms with Crippen LogP contribution in [0.4, 0.5) is 13.2 Å². The highest BCUT2D eigenvalue weighted by Gasteiger charge is 2.29. The first kappa shape index (κ1) is 14.4. The topological polar surface area (TPSA) is 0 Å². The SMILES string of the molecule is CC=c1cccc(-c2ccc(C(F)(F)F)cc2)c1=CC. The Hall–Kier alpha value is -2.03. The molecule has 0 unspecified atom stereocenters. The van der Waals surface area contributed by atoms with Gasteiger partial charge in [0.05, 0.1) is 5.56 Å². The summed E-state index contributed by atoms with van der Waals surface area (Å²) in [5.74, 6) is 0. The molecule has 0 atom stereocenters. The molecule has 0 spiro atoms. The van der Waals surface area contributed by atoms with Crippen LogP contribution in [-0.4, -0.2) is 0 Å². The van der Waals surface area contributed by atoms with E-state index >= 15 is 0 Å². The Morgan fingerprint density at radius 2 is 1.50 bits per heavy atom. The molecule has 0 aliphatic heterocycles. The van der Waals surface area contributed by atoms with Gasteiger partial charge in [0.15, 0.2) is 0 Å². The van der Waals surface area contributed by atoms with E-state index < -0.39 is 11.7 Å². The Balaban J connectivity index is 2.59. The average Bonchev–Trinajstić information content (AvgIpc) is 2.45. The van der Waals surface area contributed by atoms with Gasteiger partial charge >= 0.3 is 6.18 Å². The van der Waals surface area contributed by atoms with Crippen LogP contribution in [0.15, 0.2) is 42.5 Å². The lowest BCUT2D eigenvalue weighted by Gasteiger charge is -2.08. The first-order valence-corrected chi connectivity index (χ1v) is 6.36. The standard InChI is InChI=1S/C17H15F3/c1-3-12-6-5-7-16(15(12)4-2)13-8-10-14(11-9-13)17(18,19)20/h3-11H,1-2H3. The van der Waals surface area contributed by atoms with Gasteiger partial charge in [-0.2, -0.15) is 13.2 Å². The van der Waals surface area contributed by atoms with E-state index in [1.54, 1.807) is 0 Å². The second-order valence-electron chi connectivity index (χ2n) is 4.46. The van der Waals surface area contributed by atoms with Crippen molar-refractivity contribution in [1.29, 1.82) is 0 Å². The van der Waals surface area contributed by atoms with Crippen LogP contribution < -0.4 is 10.4 Å². The van der Waals surface area contributed by atoms with Crippen molar-refractivity contribution in [2.75, 3.05) is 0 Å². The fraction of sp³-hybridized carbons (Fsp3) is 0.176. The van der Waals surface area contributed by atoms with Crippen molar-refractivity contribution < 1.29 is 13.2 Å².